The summed E-state index contributed by atoms with van der Waals surface area (Å²) in [5.74, 6) is 1.30. The monoisotopic (exact) mass is 255 g/mol. The third-order valence-electron chi connectivity index (χ3n) is 2.88. The molecule has 0 aliphatic carbocycles. The Kier molecular flexibility index (Phi) is 3.51. The number of benzene rings is 1. The summed E-state index contributed by atoms with van der Waals surface area (Å²) >= 11 is 0. The van der Waals surface area contributed by atoms with E-state index in [0.717, 1.165) is 17.0 Å². The van der Waals surface area contributed by atoms with Crippen molar-refractivity contribution in [2.75, 3.05) is 0 Å². The van der Waals surface area contributed by atoms with Crippen molar-refractivity contribution in [2.24, 2.45) is 5.73 Å². The Labute approximate surface area is 112 Å². The maximum atomic E-state index is 7.66. The molecule has 0 saturated carbocycles. The SMILES string of the molecule is Cc1cc(Oc2ccccc2C)c(C(=N)N)c(C)n1. The molecule has 0 aliphatic heterocycles. The lowest BCUT2D eigenvalue weighted by molar-refractivity contribution is 0.476. The number of para-hydroxylation sites is 1. The van der Waals surface area contributed by atoms with E-state index in [9.17, 15) is 0 Å². The molecule has 0 bridgehead atoms. The molecule has 1 heterocycles. The highest BCUT2D eigenvalue weighted by molar-refractivity contribution is 5.98. The van der Waals surface area contributed by atoms with E-state index in [0.29, 0.717) is 17.0 Å². The Hall–Kier alpha value is -2.36. The van der Waals surface area contributed by atoms with E-state index < -0.39 is 0 Å². The molecule has 2 rings (SSSR count). The van der Waals surface area contributed by atoms with Crippen molar-refractivity contribution in [3.63, 3.8) is 0 Å². The Morgan fingerprint density at radius 1 is 1.16 bits per heavy atom. The fourth-order valence-electron chi connectivity index (χ4n) is 1.99. The van der Waals surface area contributed by atoms with Gasteiger partial charge in [0, 0.05) is 11.8 Å². The average Bonchev–Trinajstić information content (AvgIpc) is 2.30. The van der Waals surface area contributed by atoms with Crippen LogP contribution < -0.4 is 10.5 Å². The number of nitrogens with one attached hydrogen (secondary N) is 1. The smallest absolute Gasteiger partial charge is 0.141 e. The molecule has 0 fully saturated rings. The molecule has 3 N–H and O–H groups in total. The number of ether oxygens (including phenoxy) is 1. The fraction of sp³-hybridized carbons (Fsp3) is 0.200. The predicted octanol–water partition coefficient (Wildman–Crippen LogP) is 3.08. The van der Waals surface area contributed by atoms with Gasteiger partial charge < -0.3 is 10.5 Å². The van der Waals surface area contributed by atoms with Crippen molar-refractivity contribution in [1.82, 2.24) is 4.98 Å². The molecule has 0 amide bonds. The van der Waals surface area contributed by atoms with Crippen LogP contribution in [0, 0.1) is 26.2 Å². The second-order valence-electron chi connectivity index (χ2n) is 4.50. The highest BCUT2D eigenvalue weighted by Crippen LogP contribution is 2.29. The maximum Gasteiger partial charge on any atom is 0.141 e. The molecule has 0 atom stereocenters. The highest BCUT2D eigenvalue weighted by Gasteiger charge is 2.14. The molecule has 19 heavy (non-hydrogen) atoms. The largest absolute Gasteiger partial charge is 0.456 e. The Morgan fingerprint density at radius 2 is 1.84 bits per heavy atom. The van der Waals surface area contributed by atoms with Crippen LogP contribution in [0.2, 0.25) is 0 Å². The molecule has 0 saturated heterocycles. The minimum atomic E-state index is -0.0337. The van der Waals surface area contributed by atoms with E-state index in [-0.39, 0.29) is 5.84 Å². The summed E-state index contributed by atoms with van der Waals surface area (Å²) in [6.07, 6.45) is 0. The Balaban J connectivity index is 2.51. The van der Waals surface area contributed by atoms with Crippen molar-refractivity contribution >= 4 is 5.84 Å². The lowest BCUT2D eigenvalue weighted by atomic mass is 10.1. The van der Waals surface area contributed by atoms with Gasteiger partial charge in [0.2, 0.25) is 0 Å². The average molecular weight is 255 g/mol. The second-order valence-corrected chi connectivity index (χ2v) is 4.50. The number of hydrogen-bond donors (Lipinski definition) is 2. The van der Waals surface area contributed by atoms with E-state index in [2.05, 4.69) is 4.98 Å². The van der Waals surface area contributed by atoms with Gasteiger partial charge in [-0.15, -0.1) is 0 Å². The van der Waals surface area contributed by atoms with E-state index in [1.54, 1.807) is 6.07 Å². The highest BCUT2D eigenvalue weighted by atomic mass is 16.5. The minimum absolute atomic E-state index is 0.0337. The summed E-state index contributed by atoms with van der Waals surface area (Å²) in [4.78, 5) is 4.32. The van der Waals surface area contributed by atoms with Crippen LogP contribution in [-0.2, 0) is 0 Å². The standard InChI is InChI=1S/C15H17N3O/c1-9-6-4-5-7-12(9)19-13-8-10(2)18-11(3)14(13)15(16)17/h4-8H,1-3H3,(H3,16,17). The van der Waals surface area contributed by atoms with Crippen LogP contribution in [0.5, 0.6) is 11.5 Å². The second kappa shape index (κ2) is 5.10. The van der Waals surface area contributed by atoms with Gasteiger partial charge in [0.15, 0.2) is 0 Å². The van der Waals surface area contributed by atoms with Crippen LogP contribution in [0.1, 0.15) is 22.5 Å². The first-order valence-corrected chi connectivity index (χ1v) is 6.05. The van der Waals surface area contributed by atoms with Crippen molar-refractivity contribution in [2.45, 2.75) is 20.8 Å². The summed E-state index contributed by atoms with van der Waals surface area (Å²) in [7, 11) is 0. The van der Waals surface area contributed by atoms with Crippen molar-refractivity contribution in [3.8, 4) is 11.5 Å². The zero-order chi connectivity index (χ0) is 14.0. The number of aromatic nitrogens is 1. The summed E-state index contributed by atoms with van der Waals surface area (Å²) < 4.78 is 5.90. The molecule has 0 unspecified atom stereocenters. The van der Waals surface area contributed by atoms with Gasteiger partial charge in [-0.05, 0) is 32.4 Å². The number of pyridine rings is 1. The van der Waals surface area contributed by atoms with E-state index in [1.165, 1.54) is 0 Å². The van der Waals surface area contributed by atoms with Gasteiger partial charge in [-0.1, -0.05) is 18.2 Å². The van der Waals surface area contributed by atoms with Crippen molar-refractivity contribution in [1.29, 1.82) is 5.41 Å². The van der Waals surface area contributed by atoms with Crippen LogP contribution >= 0.6 is 0 Å². The number of rotatable bonds is 3. The first-order valence-electron chi connectivity index (χ1n) is 6.05. The molecule has 2 aromatic rings. The summed E-state index contributed by atoms with van der Waals surface area (Å²) in [6.45, 7) is 5.69. The topological polar surface area (TPSA) is 72.0 Å². The summed E-state index contributed by atoms with van der Waals surface area (Å²) in [5.41, 5.74) is 8.75. The molecule has 98 valence electrons. The minimum Gasteiger partial charge on any atom is -0.456 e. The fourth-order valence-corrected chi connectivity index (χ4v) is 1.99. The maximum absolute atomic E-state index is 7.66. The van der Waals surface area contributed by atoms with Gasteiger partial charge in [-0.2, -0.15) is 0 Å². The Bertz CT molecular complexity index is 635. The summed E-state index contributed by atoms with van der Waals surface area (Å²) in [6, 6.07) is 9.54. The van der Waals surface area contributed by atoms with Gasteiger partial charge in [-0.25, -0.2) is 0 Å². The molecule has 0 aliphatic rings. The summed E-state index contributed by atoms with van der Waals surface area (Å²) in [5, 5.41) is 7.66. The number of nitrogens with two attached hydrogens (primary N) is 1. The van der Waals surface area contributed by atoms with Gasteiger partial charge in [0.1, 0.15) is 17.3 Å². The van der Waals surface area contributed by atoms with Gasteiger partial charge in [0.05, 0.1) is 11.3 Å². The Morgan fingerprint density at radius 3 is 2.47 bits per heavy atom. The van der Waals surface area contributed by atoms with Crippen LogP contribution in [0.15, 0.2) is 30.3 Å². The van der Waals surface area contributed by atoms with Crippen LogP contribution in [0.3, 0.4) is 0 Å². The molecule has 4 heteroatoms. The molecule has 0 spiro atoms. The van der Waals surface area contributed by atoms with Gasteiger partial charge in [-0.3, -0.25) is 10.4 Å². The zero-order valence-electron chi connectivity index (χ0n) is 11.3. The predicted molar refractivity (Wildman–Crippen MR) is 76.0 cm³/mol. The third-order valence-corrected chi connectivity index (χ3v) is 2.88. The number of nitrogens with zero attached hydrogens (tertiary/aromatic N) is 1. The number of nitrogen functional groups attached to an aromatic ring is 1. The molecule has 1 aromatic heterocycles. The van der Waals surface area contributed by atoms with E-state index >= 15 is 0 Å². The zero-order valence-corrected chi connectivity index (χ0v) is 11.3. The van der Waals surface area contributed by atoms with Gasteiger partial charge >= 0.3 is 0 Å². The van der Waals surface area contributed by atoms with Crippen LogP contribution in [-0.4, -0.2) is 10.8 Å². The van der Waals surface area contributed by atoms with Crippen molar-refractivity contribution < 1.29 is 4.74 Å². The first-order chi connectivity index (χ1) is 8.99. The number of amidine groups is 1. The van der Waals surface area contributed by atoms with Crippen LogP contribution in [0.4, 0.5) is 0 Å². The first kappa shape index (κ1) is 13.1. The molecular formula is C15H17N3O. The number of hydrogen-bond acceptors (Lipinski definition) is 3. The quantitative estimate of drug-likeness (QED) is 0.654. The normalized spacial score (nSPS) is 10.3. The van der Waals surface area contributed by atoms with Gasteiger partial charge in [0.25, 0.3) is 0 Å². The number of aryl methyl sites for hydroxylation is 3. The third kappa shape index (κ3) is 2.73. The molecule has 4 nitrogen and oxygen atoms in total. The molecular weight excluding hydrogens is 238 g/mol. The molecule has 0 radical (unpaired) electrons. The molecule has 1 aromatic carbocycles. The van der Waals surface area contributed by atoms with E-state index in [1.807, 2.05) is 45.0 Å². The van der Waals surface area contributed by atoms with E-state index in [4.69, 9.17) is 15.9 Å². The lowest BCUT2D eigenvalue weighted by Gasteiger charge is -2.14. The van der Waals surface area contributed by atoms with Crippen LogP contribution in [0.25, 0.3) is 0 Å². The lowest BCUT2D eigenvalue weighted by Crippen LogP contribution is -2.15. The van der Waals surface area contributed by atoms with Crippen molar-refractivity contribution in [3.05, 3.63) is 52.8 Å².